The molecular formula is C17H15Cl3N2O. The van der Waals surface area contributed by atoms with Gasteiger partial charge in [0.05, 0.1) is 10.7 Å². The Bertz CT molecular complexity index is 710. The van der Waals surface area contributed by atoms with Crippen LogP contribution >= 0.6 is 34.8 Å². The van der Waals surface area contributed by atoms with Crippen LogP contribution in [-0.2, 0) is 0 Å². The number of hydrogen-bond acceptors (Lipinski definition) is 2. The van der Waals surface area contributed by atoms with Crippen molar-refractivity contribution in [2.24, 2.45) is 0 Å². The van der Waals surface area contributed by atoms with E-state index in [1.165, 1.54) is 0 Å². The Labute approximate surface area is 150 Å². The van der Waals surface area contributed by atoms with Gasteiger partial charge in [-0.05, 0) is 42.5 Å². The zero-order valence-electron chi connectivity index (χ0n) is 12.3. The minimum absolute atomic E-state index is 0.0310. The minimum atomic E-state index is 0.0310. The normalized spacial score (nSPS) is 14.9. The van der Waals surface area contributed by atoms with Crippen molar-refractivity contribution in [2.75, 3.05) is 31.1 Å². The van der Waals surface area contributed by atoms with Crippen molar-refractivity contribution in [3.05, 3.63) is 63.1 Å². The maximum absolute atomic E-state index is 12.5. The standard InChI is InChI=1S/C17H15Cl3N2O/c18-13-3-1-12(2-4-13)17(23)22-9-7-21(8-10-22)16-6-5-14(19)11-15(16)20/h1-6,11H,7-10H2. The zero-order chi connectivity index (χ0) is 16.4. The van der Waals surface area contributed by atoms with Crippen molar-refractivity contribution >= 4 is 46.4 Å². The van der Waals surface area contributed by atoms with E-state index in [9.17, 15) is 4.79 Å². The van der Waals surface area contributed by atoms with Crippen molar-refractivity contribution in [1.82, 2.24) is 4.90 Å². The van der Waals surface area contributed by atoms with E-state index in [0.29, 0.717) is 33.7 Å². The first-order chi connectivity index (χ1) is 11.0. The molecule has 0 saturated carbocycles. The van der Waals surface area contributed by atoms with E-state index in [2.05, 4.69) is 4.90 Å². The second kappa shape index (κ2) is 7.00. The van der Waals surface area contributed by atoms with Crippen LogP contribution in [0.5, 0.6) is 0 Å². The van der Waals surface area contributed by atoms with Crippen molar-refractivity contribution < 1.29 is 4.79 Å². The monoisotopic (exact) mass is 368 g/mol. The van der Waals surface area contributed by atoms with Gasteiger partial charge in [-0.15, -0.1) is 0 Å². The Kier molecular flexibility index (Phi) is 5.00. The number of halogens is 3. The van der Waals surface area contributed by atoms with Crippen molar-refractivity contribution in [3.63, 3.8) is 0 Å². The largest absolute Gasteiger partial charge is 0.367 e. The number of nitrogens with zero attached hydrogens (tertiary/aromatic N) is 2. The number of anilines is 1. The van der Waals surface area contributed by atoms with Gasteiger partial charge < -0.3 is 9.80 Å². The van der Waals surface area contributed by atoms with Gasteiger partial charge in [0.15, 0.2) is 0 Å². The summed E-state index contributed by atoms with van der Waals surface area (Å²) in [6, 6.07) is 12.5. The van der Waals surface area contributed by atoms with Crippen LogP contribution in [0.1, 0.15) is 10.4 Å². The average molecular weight is 370 g/mol. The maximum atomic E-state index is 12.5. The molecule has 1 saturated heterocycles. The van der Waals surface area contributed by atoms with Crippen LogP contribution in [0.25, 0.3) is 0 Å². The first-order valence-electron chi connectivity index (χ1n) is 7.29. The highest BCUT2D eigenvalue weighted by Crippen LogP contribution is 2.29. The van der Waals surface area contributed by atoms with E-state index in [4.69, 9.17) is 34.8 Å². The van der Waals surface area contributed by atoms with Crippen molar-refractivity contribution in [2.45, 2.75) is 0 Å². The van der Waals surface area contributed by atoms with Crippen LogP contribution in [0, 0.1) is 0 Å². The van der Waals surface area contributed by atoms with Gasteiger partial charge in [-0.2, -0.15) is 0 Å². The van der Waals surface area contributed by atoms with Crippen molar-refractivity contribution in [1.29, 1.82) is 0 Å². The number of carbonyl (C=O) groups is 1. The highest BCUT2D eigenvalue weighted by Gasteiger charge is 2.23. The summed E-state index contributed by atoms with van der Waals surface area (Å²) in [4.78, 5) is 16.5. The summed E-state index contributed by atoms with van der Waals surface area (Å²) in [5.74, 6) is 0.0310. The molecule has 1 heterocycles. The van der Waals surface area contributed by atoms with Crippen LogP contribution in [0.2, 0.25) is 15.1 Å². The molecule has 3 rings (SSSR count). The third-order valence-electron chi connectivity index (χ3n) is 3.91. The number of amides is 1. The van der Waals surface area contributed by atoms with Crippen LogP contribution in [0.15, 0.2) is 42.5 Å². The molecule has 1 fully saturated rings. The summed E-state index contributed by atoms with van der Waals surface area (Å²) >= 11 is 18.0. The molecule has 23 heavy (non-hydrogen) atoms. The lowest BCUT2D eigenvalue weighted by Gasteiger charge is -2.36. The van der Waals surface area contributed by atoms with Crippen LogP contribution in [0.3, 0.4) is 0 Å². The van der Waals surface area contributed by atoms with Crippen LogP contribution in [0.4, 0.5) is 5.69 Å². The second-order valence-corrected chi connectivity index (χ2v) is 6.66. The summed E-state index contributed by atoms with van der Waals surface area (Å²) < 4.78 is 0. The molecule has 0 N–H and O–H groups in total. The van der Waals surface area contributed by atoms with Gasteiger partial charge in [-0.25, -0.2) is 0 Å². The molecule has 0 radical (unpaired) electrons. The lowest BCUT2D eigenvalue weighted by atomic mass is 10.1. The first kappa shape index (κ1) is 16.4. The molecule has 2 aromatic rings. The minimum Gasteiger partial charge on any atom is -0.367 e. The van der Waals surface area contributed by atoms with E-state index in [1.54, 1.807) is 30.3 Å². The third-order valence-corrected chi connectivity index (χ3v) is 4.70. The SMILES string of the molecule is O=C(c1ccc(Cl)cc1)N1CCN(c2ccc(Cl)cc2Cl)CC1. The molecule has 0 bridgehead atoms. The third kappa shape index (κ3) is 3.74. The highest BCUT2D eigenvalue weighted by molar-refractivity contribution is 6.36. The number of rotatable bonds is 2. The van der Waals surface area contributed by atoms with Gasteiger partial charge in [0.2, 0.25) is 0 Å². The molecule has 120 valence electrons. The Hall–Kier alpha value is -1.42. The lowest BCUT2D eigenvalue weighted by molar-refractivity contribution is 0.0747. The number of hydrogen-bond donors (Lipinski definition) is 0. The summed E-state index contributed by atoms with van der Waals surface area (Å²) in [5.41, 5.74) is 1.61. The van der Waals surface area contributed by atoms with Crippen molar-refractivity contribution in [3.8, 4) is 0 Å². The predicted molar refractivity (Wildman–Crippen MR) is 96.0 cm³/mol. The molecule has 0 spiro atoms. The van der Waals surface area contributed by atoms with E-state index >= 15 is 0 Å². The summed E-state index contributed by atoms with van der Waals surface area (Å²) in [7, 11) is 0. The molecule has 0 unspecified atom stereocenters. The number of benzene rings is 2. The first-order valence-corrected chi connectivity index (χ1v) is 8.43. The molecular weight excluding hydrogens is 355 g/mol. The van der Waals surface area contributed by atoms with Gasteiger partial charge in [0.25, 0.3) is 5.91 Å². The van der Waals surface area contributed by atoms with Gasteiger partial charge >= 0.3 is 0 Å². The molecule has 1 aliphatic heterocycles. The van der Waals surface area contributed by atoms with E-state index < -0.39 is 0 Å². The molecule has 0 aliphatic carbocycles. The summed E-state index contributed by atoms with van der Waals surface area (Å²) in [6.45, 7) is 2.78. The Morgan fingerprint density at radius 3 is 2.04 bits per heavy atom. The van der Waals surface area contributed by atoms with E-state index in [0.717, 1.165) is 18.8 Å². The van der Waals surface area contributed by atoms with E-state index in [1.807, 2.05) is 17.0 Å². The zero-order valence-corrected chi connectivity index (χ0v) is 14.6. The topological polar surface area (TPSA) is 23.6 Å². The molecule has 3 nitrogen and oxygen atoms in total. The molecule has 0 atom stereocenters. The second-order valence-electron chi connectivity index (χ2n) is 5.38. The average Bonchev–Trinajstić information content (AvgIpc) is 2.55. The smallest absolute Gasteiger partial charge is 0.253 e. The molecule has 1 amide bonds. The molecule has 6 heteroatoms. The summed E-state index contributed by atoms with van der Waals surface area (Å²) in [6.07, 6.45) is 0. The highest BCUT2D eigenvalue weighted by atomic mass is 35.5. The molecule has 0 aromatic heterocycles. The fraction of sp³-hybridized carbons (Fsp3) is 0.235. The lowest BCUT2D eigenvalue weighted by Crippen LogP contribution is -2.48. The van der Waals surface area contributed by atoms with Gasteiger partial charge in [0.1, 0.15) is 0 Å². The quantitative estimate of drug-likeness (QED) is 0.772. The van der Waals surface area contributed by atoms with Gasteiger partial charge in [-0.3, -0.25) is 4.79 Å². The Morgan fingerprint density at radius 1 is 0.826 bits per heavy atom. The predicted octanol–water partition coefficient (Wildman–Crippen LogP) is 4.61. The Balaban J connectivity index is 1.66. The number of piperazine rings is 1. The van der Waals surface area contributed by atoms with Gasteiger partial charge in [0, 0.05) is 41.8 Å². The fourth-order valence-corrected chi connectivity index (χ4v) is 3.32. The van der Waals surface area contributed by atoms with Gasteiger partial charge in [-0.1, -0.05) is 34.8 Å². The van der Waals surface area contributed by atoms with Crippen LogP contribution < -0.4 is 4.90 Å². The Morgan fingerprint density at radius 2 is 1.43 bits per heavy atom. The fourth-order valence-electron chi connectivity index (χ4n) is 2.66. The summed E-state index contributed by atoms with van der Waals surface area (Å²) in [5, 5.41) is 1.88. The number of carbonyl (C=O) groups excluding carboxylic acids is 1. The van der Waals surface area contributed by atoms with E-state index in [-0.39, 0.29) is 5.91 Å². The maximum Gasteiger partial charge on any atom is 0.253 e. The molecule has 1 aliphatic rings. The molecule has 2 aromatic carbocycles. The van der Waals surface area contributed by atoms with Crippen LogP contribution in [-0.4, -0.2) is 37.0 Å².